The van der Waals surface area contributed by atoms with Gasteiger partial charge in [-0.05, 0) is 68.3 Å². The second-order valence-electron chi connectivity index (χ2n) is 3.91. The number of hydrogen-bond acceptors (Lipinski definition) is 2. The summed E-state index contributed by atoms with van der Waals surface area (Å²) in [5, 5.41) is 2.39. The molecule has 0 bridgehead atoms. The molecule has 88 valence electrons. The Bertz CT molecular complexity index is 700. The fraction of sp³-hybridized carbons (Fsp3) is 0. The Hall–Kier alpha value is -0.760. The first-order chi connectivity index (χ1) is 8.74. The molecule has 0 atom stereocenters. The van der Waals surface area contributed by atoms with E-state index in [1.165, 1.54) is 10.9 Å². The third-order valence-corrected chi connectivity index (χ3v) is 3.85. The second-order valence-corrected chi connectivity index (χ2v) is 6.12. The van der Waals surface area contributed by atoms with Gasteiger partial charge in [0, 0.05) is 23.3 Å². The van der Waals surface area contributed by atoms with Gasteiger partial charge in [0.2, 0.25) is 0 Å². The molecule has 0 radical (unpaired) electrons. The Morgan fingerprint density at radius 2 is 1.61 bits per heavy atom. The Labute approximate surface area is 132 Å². The first-order valence-corrected chi connectivity index (χ1v) is 7.56. The van der Waals surface area contributed by atoms with Crippen LogP contribution >= 0.6 is 45.2 Å². The molecule has 3 rings (SSSR count). The van der Waals surface area contributed by atoms with Gasteiger partial charge in [0.05, 0.1) is 0 Å². The van der Waals surface area contributed by atoms with E-state index >= 15 is 0 Å². The van der Waals surface area contributed by atoms with Crippen molar-refractivity contribution in [1.82, 2.24) is 9.97 Å². The molecule has 0 aliphatic carbocycles. The smallest absolute Gasteiger partial charge is 0.103 e. The summed E-state index contributed by atoms with van der Waals surface area (Å²) in [6, 6.07) is 12.5. The van der Waals surface area contributed by atoms with Gasteiger partial charge >= 0.3 is 0 Å². The van der Waals surface area contributed by atoms with Gasteiger partial charge in [-0.2, -0.15) is 0 Å². The van der Waals surface area contributed by atoms with Crippen LogP contribution in [0.3, 0.4) is 0 Å². The van der Waals surface area contributed by atoms with Gasteiger partial charge in [0.15, 0.2) is 0 Å². The monoisotopic (exact) mass is 458 g/mol. The number of benzene rings is 1. The minimum absolute atomic E-state index is 1.00. The normalized spacial score (nSPS) is 10.8. The van der Waals surface area contributed by atoms with Crippen LogP contribution in [0.5, 0.6) is 0 Å². The van der Waals surface area contributed by atoms with Crippen molar-refractivity contribution in [2.75, 3.05) is 0 Å². The van der Waals surface area contributed by atoms with Gasteiger partial charge < -0.3 is 0 Å². The molecule has 3 aromatic rings. The molecule has 1 aromatic carbocycles. The van der Waals surface area contributed by atoms with Crippen molar-refractivity contribution >= 4 is 56.0 Å². The maximum Gasteiger partial charge on any atom is 0.103 e. The van der Waals surface area contributed by atoms with Crippen LogP contribution in [0.15, 0.2) is 48.8 Å². The average molecular weight is 458 g/mol. The quantitative estimate of drug-likeness (QED) is 0.397. The van der Waals surface area contributed by atoms with Gasteiger partial charge in [-0.1, -0.05) is 24.3 Å². The van der Waals surface area contributed by atoms with Gasteiger partial charge in [-0.25, -0.2) is 4.98 Å². The zero-order valence-electron chi connectivity index (χ0n) is 9.27. The van der Waals surface area contributed by atoms with E-state index in [1.54, 1.807) is 0 Å². The van der Waals surface area contributed by atoms with E-state index in [1.807, 2.05) is 18.5 Å². The molecule has 2 aromatic heterocycles. The molecule has 0 spiro atoms. The summed E-state index contributed by atoms with van der Waals surface area (Å²) in [4.78, 5) is 8.72. The minimum atomic E-state index is 1.00. The molecule has 18 heavy (non-hydrogen) atoms. The van der Waals surface area contributed by atoms with Crippen molar-refractivity contribution < 1.29 is 0 Å². The first-order valence-electron chi connectivity index (χ1n) is 5.40. The summed E-state index contributed by atoms with van der Waals surface area (Å²) in [5.41, 5.74) is 2.33. The van der Waals surface area contributed by atoms with Gasteiger partial charge in [-0.3, -0.25) is 4.98 Å². The molecule has 0 saturated carbocycles. The largest absolute Gasteiger partial charge is 0.263 e. The molecular formula is C14H8I2N2. The molecule has 0 N–H and O–H groups in total. The Morgan fingerprint density at radius 1 is 0.889 bits per heavy atom. The van der Waals surface area contributed by atoms with Crippen molar-refractivity contribution in [3.63, 3.8) is 0 Å². The van der Waals surface area contributed by atoms with Crippen LogP contribution in [0.25, 0.3) is 21.9 Å². The average Bonchev–Trinajstić information content (AvgIpc) is 2.37. The van der Waals surface area contributed by atoms with Gasteiger partial charge in [0.1, 0.15) is 7.40 Å². The lowest BCUT2D eigenvalue weighted by molar-refractivity contribution is 1.22. The Kier molecular flexibility index (Phi) is 3.47. The number of halogens is 2. The number of rotatable bonds is 1. The molecule has 0 amide bonds. The predicted octanol–water partition coefficient (Wildman–Crippen LogP) is 4.51. The summed E-state index contributed by atoms with van der Waals surface area (Å²) >= 11 is 4.49. The van der Waals surface area contributed by atoms with Crippen LogP contribution in [0, 0.1) is 7.40 Å². The highest BCUT2D eigenvalue weighted by atomic mass is 127. The van der Waals surface area contributed by atoms with Crippen LogP contribution < -0.4 is 0 Å². The van der Waals surface area contributed by atoms with E-state index in [-0.39, 0.29) is 0 Å². The molecular weight excluding hydrogens is 450 g/mol. The van der Waals surface area contributed by atoms with Crippen LogP contribution in [-0.2, 0) is 0 Å². The lowest BCUT2D eigenvalue weighted by atomic mass is 10.0. The van der Waals surface area contributed by atoms with Crippen molar-refractivity contribution in [3.8, 4) is 11.1 Å². The van der Waals surface area contributed by atoms with E-state index in [4.69, 9.17) is 0 Å². The highest BCUT2D eigenvalue weighted by Gasteiger charge is 2.06. The van der Waals surface area contributed by atoms with E-state index in [2.05, 4.69) is 85.5 Å². The van der Waals surface area contributed by atoms with Gasteiger partial charge in [-0.15, -0.1) is 0 Å². The maximum absolute atomic E-state index is 4.39. The number of fused-ring (bicyclic) bond motifs is 1. The third-order valence-electron chi connectivity index (χ3n) is 2.74. The Balaban J connectivity index is 2.31. The summed E-state index contributed by atoms with van der Waals surface area (Å²) in [6.45, 7) is 0. The molecule has 2 nitrogen and oxygen atoms in total. The van der Waals surface area contributed by atoms with Crippen LogP contribution in [0.4, 0.5) is 0 Å². The summed E-state index contributed by atoms with van der Waals surface area (Å²) in [7, 11) is 0. The highest BCUT2D eigenvalue weighted by Crippen LogP contribution is 2.28. The molecule has 0 aliphatic rings. The van der Waals surface area contributed by atoms with E-state index < -0.39 is 0 Å². The van der Waals surface area contributed by atoms with E-state index in [9.17, 15) is 0 Å². The lowest BCUT2D eigenvalue weighted by Gasteiger charge is -2.07. The van der Waals surface area contributed by atoms with Crippen molar-refractivity contribution in [2.24, 2.45) is 0 Å². The number of aromatic nitrogens is 2. The predicted molar refractivity (Wildman–Crippen MR) is 90.4 cm³/mol. The highest BCUT2D eigenvalue weighted by molar-refractivity contribution is 14.1. The zero-order chi connectivity index (χ0) is 12.5. The molecule has 4 heteroatoms. The topological polar surface area (TPSA) is 25.8 Å². The number of pyridine rings is 2. The van der Waals surface area contributed by atoms with Crippen LogP contribution in [-0.4, -0.2) is 9.97 Å². The fourth-order valence-corrected chi connectivity index (χ4v) is 3.62. The van der Waals surface area contributed by atoms with Crippen LogP contribution in [0.2, 0.25) is 0 Å². The SMILES string of the molecule is Ic1cc(-c2cncc3ccccc23)cc(I)n1. The summed E-state index contributed by atoms with van der Waals surface area (Å²) in [5.74, 6) is 0. The molecule has 0 aliphatic heterocycles. The van der Waals surface area contributed by atoms with Crippen LogP contribution in [0.1, 0.15) is 0 Å². The minimum Gasteiger partial charge on any atom is -0.263 e. The molecule has 2 heterocycles. The summed E-state index contributed by atoms with van der Waals surface area (Å²) < 4.78 is 2.00. The second kappa shape index (κ2) is 5.08. The van der Waals surface area contributed by atoms with E-state index in [0.717, 1.165) is 18.4 Å². The molecule has 0 unspecified atom stereocenters. The molecule has 0 fully saturated rings. The fourth-order valence-electron chi connectivity index (χ4n) is 1.97. The zero-order valence-corrected chi connectivity index (χ0v) is 13.6. The first kappa shape index (κ1) is 12.3. The van der Waals surface area contributed by atoms with Gasteiger partial charge in [0.25, 0.3) is 0 Å². The van der Waals surface area contributed by atoms with Crippen molar-refractivity contribution in [2.45, 2.75) is 0 Å². The molecule has 0 saturated heterocycles. The standard InChI is InChI=1S/C14H8I2N2/c15-13-5-10(6-14(16)18-13)12-8-17-7-9-3-1-2-4-11(9)12/h1-8H. The lowest BCUT2D eigenvalue weighted by Crippen LogP contribution is -1.89. The van der Waals surface area contributed by atoms with Crippen molar-refractivity contribution in [3.05, 3.63) is 56.2 Å². The third kappa shape index (κ3) is 2.35. The Morgan fingerprint density at radius 3 is 2.39 bits per heavy atom. The van der Waals surface area contributed by atoms with E-state index in [0.29, 0.717) is 0 Å². The maximum atomic E-state index is 4.39. The number of nitrogens with zero attached hydrogens (tertiary/aromatic N) is 2. The summed E-state index contributed by atoms with van der Waals surface area (Å²) in [6.07, 6.45) is 3.82. The number of hydrogen-bond donors (Lipinski definition) is 0. The van der Waals surface area contributed by atoms with Crippen molar-refractivity contribution in [1.29, 1.82) is 0 Å².